The van der Waals surface area contributed by atoms with Crippen LogP contribution in [0.25, 0.3) is 121 Å². The molecule has 4 heteroatoms. The van der Waals surface area contributed by atoms with E-state index in [9.17, 15) is 5.26 Å². The molecule has 13 aromatic rings. The molecule has 0 fully saturated rings. The van der Waals surface area contributed by atoms with Crippen LogP contribution >= 0.6 is 0 Å². The molecule has 0 saturated heterocycles. The summed E-state index contributed by atoms with van der Waals surface area (Å²) in [5.41, 5.74) is 17.5. The van der Waals surface area contributed by atoms with Gasteiger partial charge in [0.2, 0.25) is 0 Å². The highest BCUT2D eigenvalue weighted by atomic mass is 16.3. The van der Waals surface area contributed by atoms with E-state index >= 15 is 0 Å². The number of aromatic nitrogens is 2. The molecule has 4 nitrogen and oxygen atoms in total. The normalized spacial score (nSPS) is 11.7. The Hall–Kier alpha value is -8.91. The van der Waals surface area contributed by atoms with E-state index in [-0.39, 0.29) is 0 Å². The van der Waals surface area contributed by atoms with Crippen LogP contribution in [-0.2, 0) is 0 Å². The maximum absolute atomic E-state index is 10.8. The Morgan fingerprint density at radius 3 is 1.06 bits per heavy atom. The number of nitrogens with zero attached hydrogens (tertiary/aromatic N) is 3. The SMILES string of the molecule is N#Cc1cc(-n2c3ccc(-c4ccccc4)cc3c3cc(-c4ccccc4)ccc32)cc2c1oc1ccc(-n3c4ccc(-c5ccccc5)cc4c4cc(-c5ccccc5)ccc43)cc12. The van der Waals surface area contributed by atoms with E-state index in [1.807, 2.05) is 6.07 Å². The number of nitriles is 1. The van der Waals surface area contributed by atoms with Gasteiger partial charge < -0.3 is 13.6 Å². The smallest absolute Gasteiger partial charge is 0.153 e. The summed E-state index contributed by atoms with van der Waals surface area (Å²) in [7, 11) is 0. The molecule has 3 aromatic heterocycles. The van der Waals surface area contributed by atoms with Gasteiger partial charge >= 0.3 is 0 Å². The van der Waals surface area contributed by atoms with Gasteiger partial charge in [0.05, 0.1) is 27.6 Å². The number of hydrogen-bond acceptors (Lipinski definition) is 2. The molecule has 10 aromatic carbocycles. The summed E-state index contributed by atoms with van der Waals surface area (Å²) in [5, 5.41) is 17.3. The molecular weight excluding hydrogens is 791 g/mol. The second-order valence-electron chi connectivity index (χ2n) is 16.8. The van der Waals surface area contributed by atoms with Gasteiger partial charge in [-0.05, 0) is 123 Å². The summed E-state index contributed by atoms with van der Waals surface area (Å²) in [6.45, 7) is 0. The van der Waals surface area contributed by atoms with E-state index in [1.54, 1.807) is 0 Å². The van der Waals surface area contributed by atoms with Crippen molar-refractivity contribution in [2.45, 2.75) is 0 Å². The van der Waals surface area contributed by atoms with E-state index < -0.39 is 0 Å². The Labute approximate surface area is 374 Å². The average Bonchev–Trinajstić information content (AvgIpc) is 4.03. The van der Waals surface area contributed by atoms with Crippen molar-refractivity contribution in [3.05, 3.63) is 230 Å². The first kappa shape index (κ1) is 36.7. The Balaban J connectivity index is 1.03. The number of hydrogen-bond donors (Lipinski definition) is 0. The molecule has 65 heavy (non-hydrogen) atoms. The Morgan fingerprint density at radius 2 is 0.677 bits per heavy atom. The fourth-order valence-corrected chi connectivity index (χ4v) is 10.0. The van der Waals surface area contributed by atoms with Crippen LogP contribution in [0, 0.1) is 11.3 Å². The lowest BCUT2D eigenvalue weighted by molar-refractivity contribution is 0.667. The number of fused-ring (bicyclic) bond motifs is 9. The zero-order valence-corrected chi connectivity index (χ0v) is 35.1. The van der Waals surface area contributed by atoms with Crippen LogP contribution in [0.2, 0.25) is 0 Å². The maximum atomic E-state index is 10.8. The molecule has 0 aliphatic rings. The molecule has 0 spiro atoms. The second-order valence-corrected chi connectivity index (χ2v) is 16.8. The van der Waals surface area contributed by atoms with Crippen LogP contribution in [0.1, 0.15) is 5.56 Å². The number of rotatable bonds is 6. The third-order valence-electron chi connectivity index (χ3n) is 13.1. The molecule has 3 heterocycles. The summed E-state index contributed by atoms with van der Waals surface area (Å²) >= 11 is 0. The van der Waals surface area contributed by atoms with Gasteiger partial charge in [-0.3, -0.25) is 0 Å². The largest absolute Gasteiger partial charge is 0.455 e. The van der Waals surface area contributed by atoms with E-state index in [4.69, 9.17) is 4.42 Å². The molecule has 302 valence electrons. The summed E-state index contributed by atoms with van der Waals surface area (Å²) in [5.74, 6) is 0. The van der Waals surface area contributed by atoms with Crippen LogP contribution < -0.4 is 0 Å². The number of benzene rings is 10. The van der Waals surface area contributed by atoms with Crippen molar-refractivity contribution in [3.8, 4) is 62.0 Å². The first-order valence-electron chi connectivity index (χ1n) is 22.0. The van der Waals surface area contributed by atoms with Crippen LogP contribution in [0.3, 0.4) is 0 Å². The monoisotopic (exact) mass is 827 g/mol. The molecule has 0 bridgehead atoms. The van der Waals surface area contributed by atoms with Crippen molar-refractivity contribution in [2.24, 2.45) is 0 Å². The summed E-state index contributed by atoms with van der Waals surface area (Å²) in [6.07, 6.45) is 0. The van der Waals surface area contributed by atoms with Gasteiger partial charge in [-0.1, -0.05) is 146 Å². The zero-order valence-electron chi connectivity index (χ0n) is 35.1. The van der Waals surface area contributed by atoms with Gasteiger partial charge in [-0.25, -0.2) is 0 Å². The third kappa shape index (κ3) is 5.91. The van der Waals surface area contributed by atoms with Gasteiger partial charge in [0.1, 0.15) is 11.7 Å². The van der Waals surface area contributed by atoms with Crippen molar-refractivity contribution < 1.29 is 4.42 Å². The van der Waals surface area contributed by atoms with E-state index in [0.29, 0.717) is 11.1 Å². The van der Waals surface area contributed by atoms with Crippen LogP contribution in [-0.4, -0.2) is 9.13 Å². The van der Waals surface area contributed by atoms with Crippen LogP contribution in [0.4, 0.5) is 0 Å². The minimum Gasteiger partial charge on any atom is -0.455 e. The molecule has 0 aliphatic carbocycles. The third-order valence-corrected chi connectivity index (χ3v) is 13.1. The number of furan rings is 1. The molecular formula is C61H37N3O. The molecule has 0 amide bonds. The Kier molecular flexibility index (Phi) is 8.24. The average molecular weight is 828 g/mol. The maximum Gasteiger partial charge on any atom is 0.153 e. The summed E-state index contributed by atoms with van der Waals surface area (Å²) in [4.78, 5) is 0. The molecule has 0 N–H and O–H groups in total. The van der Waals surface area contributed by atoms with Crippen LogP contribution in [0.15, 0.2) is 229 Å². The van der Waals surface area contributed by atoms with Gasteiger partial charge in [0, 0.05) is 43.7 Å². The van der Waals surface area contributed by atoms with Crippen molar-refractivity contribution >= 4 is 65.6 Å². The van der Waals surface area contributed by atoms with E-state index in [0.717, 1.165) is 71.7 Å². The molecule has 0 radical (unpaired) electrons. The second kappa shape index (κ2) is 14.6. The Bertz CT molecular complexity index is 3850. The lowest BCUT2D eigenvalue weighted by atomic mass is 10.0. The lowest BCUT2D eigenvalue weighted by Gasteiger charge is -2.11. The molecule has 0 aliphatic heterocycles. The van der Waals surface area contributed by atoms with Crippen molar-refractivity contribution in [2.75, 3.05) is 0 Å². The van der Waals surface area contributed by atoms with Crippen LogP contribution in [0.5, 0.6) is 0 Å². The van der Waals surface area contributed by atoms with Crippen molar-refractivity contribution in [1.29, 1.82) is 5.26 Å². The summed E-state index contributed by atoms with van der Waals surface area (Å²) < 4.78 is 11.3. The lowest BCUT2D eigenvalue weighted by Crippen LogP contribution is -1.95. The highest BCUT2D eigenvalue weighted by molar-refractivity contribution is 6.15. The standard InChI is InChI=1S/C61H37N3O/c62-38-47-31-49(64-58-28-23-45(41-17-9-3-10-18-41)34-52(58)53-35-46(24-29-59(53)64)42-19-11-4-12-20-42)37-55-54-36-48(25-30-60(54)65-61(47)55)63-56-26-21-43(39-13-5-1-6-14-39)32-50(56)51-33-44(22-27-57(51)63)40-15-7-2-8-16-40/h1-37H. The fraction of sp³-hybridized carbons (Fsp3) is 0. The van der Waals surface area contributed by atoms with Gasteiger partial charge in [0.25, 0.3) is 0 Å². The predicted octanol–water partition coefficient (Wildman–Crippen LogP) is 16.3. The first-order valence-corrected chi connectivity index (χ1v) is 22.0. The fourth-order valence-electron chi connectivity index (χ4n) is 10.0. The highest BCUT2D eigenvalue weighted by Crippen LogP contribution is 2.42. The van der Waals surface area contributed by atoms with Crippen molar-refractivity contribution in [3.63, 3.8) is 0 Å². The Morgan fingerprint density at radius 1 is 0.308 bits per heavy atom. The summed E-state index contributed by atoms with van der Waals surface area (Å²) in [6, 6.07) is 82.4. The molecule has 0 atom stereocenters. The molecule has 0 unspecified atom stereocenters. The van der Waals surface area contributed by atoms with Gasteiger partial charge in [0.15, 0.2) is 5.58 Å². The minimum atomic E-state index is 0.491. The van der Waals surface area contributed by atoms with Gasteiger partial charge in [-0.15, -0.1) is 0 Å². The first-order chi connectivity index (χ1) is 32.2. The zero-order chi connectivity index (χ0) is 43.0. The van der Waals surface area contributed by atoms with Gasteiger partial charge in [-0.2, -0.15) is 5.26 Å². The van der Waals surface area contributed by atoms with E-state index in [2.05, 4.69) is 234 Å². The molecule has 0 saturated carbocycles. The minimum absolute atomic E-state index is 0.491. The van der Waals surface area contributed by atoms with Crippen molar-refractivity contribution in [1.82, 2.24) is 9.13 Å². The topological polar surface area (TPSA) is 46.8 Å². The highest BCUT2D eigenvalue weighted by Gasteiger charge is 2.21. The predicted molar refractivity (Wildman–Crippen MR) is 269 cm³/mol. The van der Waals surface area contributed by atoms with E-state index in [1.165, 1.54) is 44.2 Å². The quantitative estimate of drug-likeness (QED) is 0.168. The molecule has 13 rings (SSSR count).